The normalized spacial score (nSPS) is 16.3. The summed E-state index contributed by atoms with van der Waals surface area (Å²) in [6, 6.07) is 15.0. The largest absolute Gasteiger partial charge is 0.375 e. The minimum absolute atomic E-state index is 0.0529. The highest BCUT2D eigenvalue weighted by molar-refractivity contribution is 6.30. The lowest BCUT2D eigenvalue weighted by atomic mass is 9.89. The van der Waals surface area contributed by atoms with Gasteiger partial charge in [0.25, 0.3) is 0 Å². The monoisotopic (exact) mass is 372 g/mol. The van der Waals surface area contributed by atoms with Crippen LogP contribution in [0.25, 0.3) is 0 Å². The van der Waals surface area contributed by atoms with Gasteiger partial charge in [-0.3, -0.25) is 9.59 Å². The summed E-state index contributed by atoms with van der Waals surface area (Å²) in [5.74, 6) is -0.650. The minimum atomic E-state index is -0.453. The van der Waals surface area contributed by atoms with E-state index in [0.29, 0.717) is 24.8 Å². The molecule has 6 heteroatoms. The summed E-state index contributed by atoms with van der Waals surface area (Å²) < 4.78 is 5.57. The maximum absolute atomic E-state index is 12.5. The predicted octanol–water partition coefficient (Wildman–Crippen LogP) is 3.12. The van der Waals surface area contributed by atoms with Gasteiger partial charge in [0.1, 0.15) is 0 Å². The van der Waals surface area contributed by atoms with Crippen LogP contribution < -0.4 is 10.2 Å². The first-order chi connectivity index (χ1) is 12.6. The highest BCUT2D eigenvalue weighted by Crippen LogP contribution is 2.34. The van der Waals surface area contributed by atoms with E-state index in [2.05, 4.69) is 5.32 Å². The van der Waals surface area contributed by atoms with Gasteiger partial charge in [0.2, 0.25) is 11.8 Å². The lowest BCUT2D eigenvalue weighted by Gasteiger charge is -2.30. The van der Waals surface area contributed by atoms with Gasteiger partial charge in [-0.1, -0.05) is 41.9 Å². The Morgan fingerprint density at radius 3 is 2.73 bits per heavy atom. The number of carbonyl (C=O) groups is 2. The van der Waals surface area contributed by atoms with E-state index in [0.717, 1.165) is 16.8 Å². The number of nitrogens with zero attached hydrogens (tertiary/aromatic N) is 1. The van der Waals surface area contributed by atoms with E-state index in [1.165, 1.54) is 0 Å². The van der Waals surface area contributed by atoms with Gasteiger partial charge < -0.3 is 15.0 Å². The van der Waals surface area contributed by atoms with Crippen LogP contribution in [0.1, 0.15) is 23.5 Å². The molecule has 136 valence electrons. The van der Waals surface area contributed by atoms with Gasteiger partial charge in [0, 0.05) is 30.7 Å². The molecule has 2 aromatic rings. The number of hydrogen-bond acceptors (Lipinski definition) is 3. The molecule has 0 spiro atoms. The first-order valence-electron chi connectivity index (χ1n) is 8.51. The summed E-state index contributed by atoms with van der Waals surface area (Å²) >= 11 is 5.84. The van der Waals surface area contributed by atoms with Crippen molar-refractivity contribution in [2.24, 2.45) is 0 Å². The predicted molar refractivity (Wildman–Crippen MR) is 101 cm³/mol. The van der Waals surface area contributed by atoms with Crippen molar-refractivity contribution in [3.63, 3.8) is 0 Å². The van der Waals surface area contributed by atoms with E-state index >= 15 is 0 Å². The number of hydrogen-bond donors (Lipinski definition) is 1. The van der Waals surface area contributed by atoms with Crippen molar-refractivity contribution in [2.45, 2.75) is 18.9 Å². The maximum Gasteiger partial charge on any atom is 0.228 e. The summed E-state index contributed by atoms with van der Waals surface area (Å²) in [5, 5.41) is 3.56. The summed E-state index contributed by atoms with van der Waals surface area (Å²) in [7, 11) is 1.74. The van der Waals surface area contributed by atoms with Crippen LogP contribution in [0.15, 0.2) is 48.5 Å². The van der Waals surface area contributed by atoms with Crippen molar-refractivity contribution in [1.82, 2.24) is 5.32 Å². The molecule has 0 fully saturated rings. The Morgan fingerprint density at radius 2 is 1.96 bits per heavy atom. The van der Waals surface area contributed by atoms with Gasteiger partial charge in [0.15, 0.2) is 0 Å². The quantitative estimate of drug-likeness (QED) is 0.792. The number of benzene rings is 2. The zero-order chi connectivity index (χ0) is 18.5. The van der Waals surface area contributed by atoms with Crippen LogP contribution in [0.2, 0.25) is 5.02 Å². The van der Waals surface area contributed by atoms with Crippen LogP contribution in [0.5, 0.6) is 0 Å². The van der Waals surface area contributed by atoms with E-state index in [1.54, 1.807) is 11.9 Å². The van der Waals surface area contributed by atoms with E-state index in [4.69, 9.17) is 16.3 Å². The molecule has 2 amide bonds. The third-order valence-electron chi connectivity index (χ3n) is 4.47. The third kappa shape index (κ3) is 4.23. The van der Waals surface area contributed by atoms with Gasteiger partial charge in [-0.15, -0.1) is 0 Å². The number of fused-ring (bicyclic) bond motifs is 1. The van der Waals surface area contributed by atoms with Gasteiger partial charge in [-0.25, -0.2) is 0 Å². The fourth-order valence-corrected chi connectivity index (χ4v) is 3.14. The highest BCUT2D eigenvalue weighted by Gasteiger charge is 2.33. The van der Waals surface area contributed by atoms with Gasteiger partial charge in [-0.2, -0.15) is 0 Å². The Morgan fingerprint density at radius 1 is 1.23 bits per heavy atom. The molecule has 1 heterocycles. The zero-order valence-corrected chi connectivity index (χ0v) is 15.3. The van der Waals surface area contributed by atoms with E-state index < -0.39 is 5.92 Å². The molecule has 0 saturated carbocycles. The lowest BCUT2D eigenvalue weighted by Crippen LogP contribution is -2.40. The highest BCUT2D eigenvalue weighted by atomic mass is 35.5. The molecule has 1 N–H and O–H groups in total. The zero-order valence-electron chi connectivity index (χ0n) is 14.6. The number of nitrogens with one attached hydrogen (secondary N) is 1. The van der Waals surface area contributed by atoms with E-state index in [1.807, 2.05) is 48.5 Å². The molecule has 0 radical (unpaired) electrons. The molecule has 3 rings (SSSR count). The number of rotatable bonds is 6. The molecule has 26 heavy (non-hydrogen) atoms. The van der Waals surface area contributed by atoms with Crippen molar-refractivity contribution < 1.29 is 14.3 Å². The molecule has 1 aliphatic rings. The van der Waals surface area contributed by atoms with Crippen LogP contribution in [-0.4, -0.2) is 32.0 Å². The smallest absolute Gasteiger partial charge is 0.228 e. The Hall–Kier alpha value is -2.37. The van der Waals surface area contributed by atoms with Gasteiger partial charge in [-0.05, 0) is 29.3 Å². The van der Waals surface area contributed by atoms with Crippen LogP contribution in [-0.2, 0) is 20.9 Å². The Balaban J connectivity index is 1.50. The van der Waals surface area contributed by atoms with E-state index in [-0.39, 0.29) is 18.2 Å². The maximum atomic E-state index is 12.5. The average Bonchev–Trinajstić information content (AvgIpc) is 2.65. The number of para-hydroxylation sites is 1. The Bertz CT molecular complexity index is 792. The van der Waals surface area contributed by atoms with Crippen LogP contribution in [0, 0.1) is 0 Å². The second-order valence-electron chi connectivity index (χ2n) is 6.24. The summed E-state index contributed by atoms with van der Waals surface area (Å²) in [6.45, 7) is 1.26. The molecule has 1 atom stereocenters. The van der Waals surface area contributed by atoms with Crippen molar-refractivity contribution in [3.8, 4) is 0 Å². The minimum Gasteiger partial charge on any atom is -0.375 e. The van der Waals surface area contributed by atoms with E-state index in [9.17, 15) is 9.59 Å². The van der Waals surface area contributed by atoms with Crippen molar-refractivity contribution in [3.05, 3.63) is 64.7 Å². The van der Waals surface area contributed by atoms with Crippen LogP contribution >= 0.6 is 11.6 Å². The van der Waals surface area contributed by atoms with Crippen molar-refractivity contribution >= 4 is 29.1 Å². The molecule has 0 bridgehead atoms. The number of halogens is 1. The second kappa shape index (κ2) is 8.34. The summed E-state index contributed by atoms with van der Waals surface area (Å²) in [5.41, 5.74) is 2.70. The standard InChI is InChI=1S/C20H21ClN2O3/c1-23-18-5-3-2-4-16(18)17(12-19(23)24)20(25)22-10-11-26-13-14-6-8-15(21)9-7-14/h2-9,17H,10-13H2,1H3,(H,22,25)/t17-/m1/s1. The molecule has 0 aliphatic carbocycles. The fourth-order valence-electron chi connectivity index (χ4n) is 3.02. The molecule has 5 nitrogen and oxygen atoms in total. The molecular formula is C20H21ClN2O3. The third-order valence-corrected chi connectivity index (χ3v) is 4.72. The first-order valence-corrected chi connectivity index (χ1v) is 8.89. The van der Waals surface area contributed by atoms with Crippen molar-refractivity contribution in [2.75, 3.05) is 25.1 Å². The number of anilines is 1. The van der Waals surface area contributed by atoms with Crippen molar-refractivity contribution in [1.29, 1.82) is 0 Å². The average molecular weight is 373 g/mol. The second-order valence-corrected chi connectivity index (χ2v) is 6.67. The van der Waals surface area contributed by atoms with Crippen LogP contribution in [0.3, 0.4) is 0 Å². The Labute approximate surface area is 157 Å². The van der Waals surface area contributed by atoms with Crippen LogP contribution in [0.4, 0.5) is 5.69 Å². The van der Waals surface area contributed by atoms with Gasteiger partial charge >= 0.3 is 0 Å². The topological polar surface area (TPSA) is 58.6 Å². The number of carbonyl (C=O) groups excluding carboxylic acids is 2. The fraction of sp³-hybridized carbons (Fsp3) is 0.300. The summed E-state index contributed by atoms with van der Waals surface area (Å²) in [6.07, 6.45) is 0.185. The molecule has 1 aliphatic heterocycles. The molecule has 0 aromatic heterocycles. The molecular weight excluding hydrogens is 352 g/mol. The summed E-state index contributed by atoms with van der Waals surface area (Å²) in [4.78, 5) is 26.3. The lowest BCUT2D eigenvalue weighted by molar-refractivity contribution is -0.127. The number of ether oxygens (including phenoxy) is 1. The SMILES string of the molecule is CN1C(=O)C[C@@H](C(=O)NCCOCc2ccc(Cl)cc2)c2ccccc21. The van der Waals surface area contributed by atoms with Gasteiger partial charge in [0.05, 0.1) is 19.1 Å². The number of amides is 2. The molecule has 0 unspecified atom stereocenters. The molecule has 0 saturated heterocycles. The first kappa shape index (κ1) is 18.4. The molecule has 2 aromatic carbocycles. The Kier molecular flexibility index (Phi) is 5.91.